The molecule has 0 aliphatic carbocycles. The van der Waals surface area contributed by atoms with Crippen molar-refractivity contribution < 1.29 is 28.5 Å². The molecule has 0 spiro atoms. The SMILES string of the molecule is CC(C)(C)CCC(=O)NCCOCCOCCOCCOCCNC(=O)CCSCC(C)(C)C. The molecule has 0 atom stereocenters. The molecule has 0 saturated carbocycles. The normalized spacial score (nSPS) is 12.1. The van der Waals surface area contributed by atoms with E-state index in [4.69, 9.17) is 18.9 Å². The van der Waals surface area contributed by atoms with E-state index in [1.54, 1.807) is 0 Å². The molecule has 0 fully saturated rings. The largest absolute Gasteiger partial charge is 0.377 e. The minimum atomic E-state index is 0.0712. The van der Waals surface area contributed by atoms with E-state index in [1.165, 1.54) is 0 Å². The third-order valence-corrected chi connectivity index (χ3v) is 5.93. The van der Waals surface area contributed by atoms with Crippen molar-refractivity contribution in [3.8, 4) is 0 Å². The summed E-state index contributed by atoms with van der Waals surface area (Å²) < 4.78 is 21.8. The minimum Gasteiger partial charge on any atom is -0.377 e. The van der Waals surface area contributed by atoms with Crippen molar-refractivity contribution in [3.05, 3.63) is 0 Å². The number of carbonyl (C=O) groups excluding carboxylic acids is 2. The average molecular weight is 507 g/mol. The van der Waals surface area contributed by atoms with E-state index >= 15 is 0 Å². The lowest BCUT2D eigenvalue weighted by Crippen LogP contribution is -2.28. The zero-order valence-corrected chi connectivity index (χ0v) is 23.3. The standard InChI is InChI=1S/C25H50N2O6S/c1-24(2,3)9-7-22(28)26-10-12-30-14-16-32-18-19-33-17-15-31-13-11-27-23(29)8-20-34-21-25(4,5)6/h7-21H2,1-6H3,(H,26,28)(H,27,29). The molecule has 2 N–H and O–H groups in total. The Bertz CT molecular complexity index is 521. The van der Waals surface area contributed by atoms with E-state index in [1.807, 2.05) is 11.8 Å². The van der Waals surface area contributed by atoms with E-state index in [-0.39, 0.29) is 17.2 Å². The van der Waals surface area contributed by atoms with Gasteiger partial charge in [0.15, 0.2) is 0 Å². The first-order chi connectivity index (χ1) is 16.0. The molecule has 0 unspecified atom stereocenters. The lowest BCUT2D eigenvalue weighted by Gasteiger charge is -2.17. The Morgan fingerprint density at radius 3 is 1.44 bits per heavy atom. The van der Waals surface area contributed by atoms with Crippen LogP contribution in [-0.4, -0.2) is 89.3 Å². The fourth-order valence-electron chi connectivity index (χ4n) is 2.50. The van der Waals surface area contributed by atoms with Crippen LogP contribution in [0.5, 0.6) is 0 Å². The molecule has 0 radical (unpaired) electrons. The first-order valence-corrected chi connectivity index (χ1v) is 13.6. The van der Waals surface area contributed by atoms with E-state index in [0.29, 0.717) is 84.2 Å². The Morgan fingerprint density at radius 1 is 0.618 bits per heavy atom. The third-order valence-electron chi connectivity index (χ3n) is 4.36. The van der Waals surface area contributed by atoms with Crippen LogP contribution in [0, 0.1) is 10.8 Å². The van der Waals surface area contributed by atoms with Crippen molar-refractivity contribution in [1.82, 2.24) is 10.6 Å². The maximum absolute atomic E-state index is 11.7. The summed E-state index contributed by atoms with van der Waals surface area (Å²) in [5.74, 6) is 2.05. The van der Waals surface area contributed by atoms with Gasteiger partial charge in [-0.1, -0.05) is 41.5 Å². The molecule has 2 amide bonds. The molecule has 0 bridgehead atoms. The maximum Gasteiger partial charge on any atom is 0.220 e. The first-order valence-electron chi connectivity index (χ1n) is 12.4. The number of hydrogen-bond donors (Lipinski definition) is 2. The van der Waals surface area contributed by atoms with Gasteiger partial charge < -0.3 is 29.6 Å². The smallest absolute Gasteiger partial charge is 0.220 e. The summed E-state index contributed by atoms with van der Waals surface area (Å²) in [6.07, 6.45) is 1.96. The zero-order valence-electron chi connectivity index (χ0n) is 22.5. The summed E-state index contributed by atoms with van der Waals surface area (Å²) in [6.45, 7) is 17.9. The molecular formula is C25H50N2O6S. The Morgan fingerprint density at radius 2 is 1.03 bits per heavy atom. The first kappa shape index (κ1) is 33.1. The Balaban J connectivity index is 3.25. The number of amides is 2. The zero-order chi connectivity index (χ0) is 25.7. The fraction of sp³-hybridized carbons (Fsp3) is 0.920. The molecule has 0 aliphatic rings. The van der Waals surface area contributed by atoms with Gasteiger partial charge in [0, 0.05) is 31.7 Å². The van der Waals surface area contributed by atoms with Crippen molar-refractivity contribution in [2.45, 2.75) is 60.8 Å². The number of carbonyl (C=O) groups is 2. The number of hydrogen-bond acceptors (Lipinski definition) is 7. The van der Waals surface area contributed by atoms with Gasteiger partial charge in [-0.2, -0.15) is 11.8 Å². The van der Waals surface area contributed by atoms with Crippen LogP contribution in [0.15, 0.2) is 0 Å². The highest BCUT2D eigenvalue weighted by atomic mass is 32.2. The summed E-state index contributed by atoms with van der Waals surface area (Å²) >= 11 is 1.82. The van der Waals surface area contributed by atoms with Crippen molar-refractivity contribution in [3.63, 3.8) is 0 Å². The molecule has 0 aromatic carbocycles. The molecule has 202 valence electrons. The van der Waals surface area contributed by atoms with Crippen LogP contribution in [0.25, 0.3) is 0 Å². The Labute approximate surface area is 211 Å². The van der Waals surface area contributed by atoms with Gasteiger partial charge in [0.25, 0.3) is 0 Å². The van der Waals surface area contributed by atoms with Gasteiger partial charge in [-0.3, -0.25) is 9.59 Å². The quantitative estimate of drug-likeness (QED) is 0.231. The second kappa shape index (κ2) is 20.3. The third kappa shape index (κ3) is 27.4. The molecular weight excluding hydrogens is 456 g/mol. The van der Waals surface area contributed by atoms with Crippen molar-refractivity contribution in [2.75, 3.05) is 77.5 Å². The molecule has 8 nitrogen and oxygen atoms in total. The monoisotopic (exact) mass is 506 g/mol. The van der Waals surface area contributed by atoms with Crippen LogP contribution in [0.1, 0.15) is 60.8 Å². The highest BCUT2D eigenvalue weighted by Gasteiger charge is 2.12. The number of ether oxygens (including phenoxy) is 4. The fourth-order valence-corrected chi connectivity index (χ4v) is 3.58. The molecule has 0 aliphatic heterocycles. The second-order valence-corrected chi connectivity index (χ2v) is 11.7. The molecule has 34 heavy (non-hydrogen) atoms. The van der Waals surface area contributed by atoms with Gasteiger partial charge in [0.1, 0.15) is 0 Å². The van der Waals surface area contributed by atoms with Crippen LogP contribution in [0.3, 0.4) is 0 Å². The Kier molecular flexibility index (Phi) is 19.8. The highest BCUT2D eigenvalue weighted by molar-refractivity contribution is 7.99. The Hall–Kier alpha value is -0.870. The molecule has 0 heterocycles. The van der Waals surface area contributed by atoms with Crippen molar-refractivity contribution >= 4 is 23.6 Å². The van der Waals surface area contributed by atoms with Crippen molar-refractivity contribution in [1.29, 1.82) is 0 Å². The number of thioether (sulfide) groups is 1. The molecule has 0 aromatic rings. The van der Waals surface area contributed by atoms with Crippen LogP contribution in [-0.2, 0) is 28.5 Å². The van der Waals surface area contributed by atoms with Gasteiger partial charge >= 0.3 is 0 Å². The van der Waals surface area contributed by atoms with E-state index in [9.17, 15) is 9.59 Å². The number of nitrogens with one attached hydrogen (secondary N) is 2. The highest BCUT2D eigenvalue weighted by Crippen LogP contribution is 2.21. The predicted octanol–water partition coefficient (Wildman–Crippen LogP) is 3.28. The van der Waals surface area contributed by atoms with E-state index in [0.717, 1.165) is 17.9 Å². The summed E-state index contributed by atoms with van der Waals surface area (Å²) in [5.41, 5.74) is 0.468. The van der Waals surface area contributed by atoms with Gasteiger partial charge in [-0.25, -0.2) is 0 Å². The maximum atomic E-state index is 11.7. The molecule has 9 heteroatoms. The molecule has 0 rings (SSSR count). The van der Waals surface area contributed by atoms with Crippen LogP contribution in [0.2, 0.25) is 0 Å². The molecule has 0 aromatic heterocycles. The topological polar surface area (TPSA) is 95.1 Å². The van der Waals surface area contributed by atoms with Gasteiger partial charge in [0.2, 0.25) is 11.8 Å². The second-order valence-electron chi connectivity index (χ2n) is 10.6. The summed E-state index contributed by atoms with van der Waals surface area (Å²) in [6, 6.07) is 0. The van der Waals surface area contributed by atoms with Gasteiger partial charge in [0.05, 0.1) is 52.9 Å². The van der Waals surface area contributed by atoms with Gasteiger partial charge in [-0.15, -0.1) is 0 Å². The number of rotatable bonds is 21. The summed E-state index contributed by atoms with van der Waals surface area (Å²) in [5, 5.41) is 5.73. The van der Waals surface area contributed by atoms with E-state index < -0.39 is 0 Å². The van der Waals surface area contributed by atoms with Crippen LogP contribution >= 0.6 is 11.8 Å². The lowest BCUT2D eigenvalue weighted by molar-refractivity contribution is -0.122. The molecule has 0 saturated heterocycles. The van der Waals surface area contributed by atoms with Crippen LogP contribution in [0.4, 0.5) is 0 Å². The summed E-state index contributed by atoms with van der Waals surface area (Å²) in [7, 11) is 0. The van der Waals surface area contributed by atoms with E-state index in [2.05, 4.69) is 52.2 Å². The van der Waals surface area contributed by atoms with Crippen molar-refractivity contribution in [2.24, 2.45) is 10.8 Å². The minimum absolute atomic E-state index is 0.0712. The van der Waals surface area contributed by atoms with Crippen LogP contribution < -0.4 is 10.6 Å². The lowest BCUT2D eigenvalue weighted by atomic mass is 9.90. The average Bonchev–Trinajstić information content (AvgIpc) is 2.73. The van der Waals surface area contributed by atoms with Gasteiger partial charge in [-0.05, 0) is 23.0 Å². The predicted molar refractivity (Wildman–Crippen MR) is 139 cm³/mol. The summed E-state index contributed by atoms with van der Waals surface area (Å²) in [4.78, 5) is 23.4.